The summed E-state index contributed by atoms with van der Waals surface area (Å²) in [7, 11) is 0. The topological polar surface area (TPSA) is 113 Å². The second-order valence-electron chi connectivity index (χ2n) is 7.95. The van der Waals surface area contributed by atoms with Crippen molar-refractivity contribution in [2.45, 2.75) is 70.5 Å². The minimum absolute atomic E-state index is 0.527. The normalized spacial score (nSPS) is 17.9. The van der Waals surface area contributed by atoms with Crippen LogP contribution in [0.25, 0.3) is 0 Å². The highest BCUT2D eigenvalue weighted by molar-refractivity contribution is 5.91. The van der Waals surface area contributed by atoms with E-state index in [-0.39, 0.29) is 0 Å². The van der Waals surface area contributed by atoms with E-state index >= 15 is 0 Å². The van der Waals surface area contributed by atoms with E-state index in [4.69, 9.17) is 9.84 Å². The van der Waals surface area contributed by atoms with Crippen molar-refractivity contribution in [2.24, 2.45) is 0 Å². The molecule has 0 fully saturated rings. The van der Waals surface area contributed by atoms with Crippen molar-refractivity contribution < 1.29 is 34.4 Å². The Labute approximate surface area is 208 Å². The number of hydrogen-bond donors (Lipinski definition) is 3. The second-order valence-corrected chi connectivity index (χ2v) is 7.95. The van der Waals surface area contributed by atoms with Crippen LogP contribution in [0.15, 0.2) is 84.4 Å². The molecule has 3 N–H and O–H groups in total. The molecule has 0 saturated carbocycles. The molecular weight excluding hydrogens is 448 g/mol. The summed E-state index contributed by atoms with van der Waals surface area (Å²) in [6, 6.07) is 0. The highest BCUT2D eigenvalue weighted by Gasteiger charge is 2.41. The van der Waals surface area contributed by atoms with E-state index < -0.39 is 42.3 Å². The Morgan fingerprint density at radius 2 is 1.46 bits per heavy atom. The van der Waals surface area contributed by atoms with Crippen LogP contribution in [-0.2, 0) is 19.1 Å². The first-order valence-electron chi connectivity index (χ1n) is 12.2. The number of ether oxygens (including phenoxy) is 2. The number of allylic oxidation sites excluding steroid dienone is 11. The van der Waals surface area contributed by atoms with E-state index in [0.29, 0.717) is 0 Å². The van der Waals surface area contributed by atoms with Crippen molar-refractivity contribution in [3.05, 3.63) is 84.4 Å². The molecule has 35 heavy (non-hydrogen) atoms. The van der Waals surface area contributed by atoms with Gasteiger partial charge in [-0.15, -0.1) is 0 Å². The Balaban J connectivity index is 2.24. The number of carbonyl (C=O) groups excluding carboxylic acids is 2. The molecule has 0 aromatic carbocycles. The molecule has 0 radical (unpaired) electrons. The number of cyclic esters (lactones) is 1. The largest absolute Gasteiger partial charge is 0.499 e. The molecule has 2 atom stereocenters. The molecule has 0 spiro atoms. The third-order valence-electron chi connectivity index (χ3n) is 5.01. The SMILES string of the molecule is CCCCCCCCCC=CC=CC=CC=CC=CC=CC(=O)OC1=C(O)C(=O)O[C@@H]1[C@@H](O)CO. The van der Waals surface area contributed by atoms with Crippen molar-refractivity contribution in [1.29, 1.82) is 0 Å². The maximum Gasteiger partial charge on any atom is 0.378 e. The molecule has 0 bridgehead atoms. The summed E-state index contributed by atoms with van der Waals surface area (Å²) >= 11 is 0. The molecule has 0 amide bonds. The summed E-state index contributed by atoms with van der Waals surface area (Å²) in [6.45, 7) is 1.50. The van der Waals surface area contributed by atoms with E-state index in [0.717, 1.165) is 12.5 Å². The van der Waals surface area contributed by atoms with E-state index in [1.54, 1.807) is 18.2 Å². The zero-order chi connectivity index (χ0) is 25.7. The molecule has 7 heteroatoms. The first kappa shape index (κ1) is 29.9. The number of unbranched alkanes of at least 4 members (excludes halogenated alkanes) is 7. The predicted octanol–water partition coefficient (Wildman–Crippen LogP) is 5.06. The van der Waals surface area contributed by atoms with Gasteiger partial charge in [0.15, 0.2) is 6.10 Å². The van der Waals surface area contributed by atoms with Gasteiger partial charge in [-0.25, -0.2) is 9.59 Å². The Hall–Kier alpha value is -3.16. The van der Waals surface area contributed by atoms with Crippen molar-refractivity contribution in [3.63, 3.8) is 0 Å². The fourth-order valence-electron chi connectivity index (χ4n) is 3.10. The molecule has 0 saturated heterocycles. The van der Waals surface area contributed by atoms with E-state index in [2.05, 4.69) is 23.8 Å². The number of aliphatic hydroxyl groups excluding tert-OH is 3. The van der Waals surface area contributed by atoms with Crippen LogP contribution in [0.1, 0.15) is 58.3 Å². The van der Waals surface area contributed by atoms with Crippen molar-refractivity contribution in [2.75, 3.05) is 6.61 Å². The second kappa shape index (κ2) is 19.2. The van der Waals surface area contributed by atoms with E-state index in [1.165, 1.54) is 51.0 Å². The molecule has 1 rings (SSSR count). The van der Waals surface area contributed by atoms with Gasteiger partial charge in [-0.1, -0.05) is 112 Å². The summed E-state index contributed by atoms with van der Waals surface area (Å²) in [5.74, 6) is -3.45. The lowest BCUT2D eigenvalue weighted by Crippen LogP contribution is -2.32. The number of rotatable bonds is 17. The summed E-state index contributed by atoms with van der Waals surface area (Å²) in [6.07, 6.45) is 28.8. The first-order valence-corrected chi connectivity index (χ1v) is 12.2. The van der Waals surface area contributed by atoms with Crippen LogP contribution in [0.3, 0.4) is 0 Å². The molecule has 1 heterocycles. The van der Waals surface area contributed by atoms with Crippen LogP contribution in [0, 0.1) is 0 Å². The van der Waals surface area contributed by atoms with Gasteiger partial charge in [0.1, 0.15) is 6.10 Å². The zero-order valence-electron chi connectivity index (χ0n) is 20.4. The van der Waals surface area contributed by atoms with Gasteiger partial charge in [-0.3, -0.25) is 0 Å². The molecule has 1 aliphatic heterocycles. The quantitative estimate of drug-likeness (QED) is 0.114. The Morgan fingerprint density at radius 1 is 0.914 bits per heavy atom. The van der Waals surface area contributed by atoms with Crippen LogP contribution in [0.5, 0.6) is 0 Å². The molecule has 192 valence electrons. The Morgan fingerprint density at radius 3 is 2.06 bits per heavy atom. The summed E-state index contributed by atoms with van der Waals surface area (Å²) in [5.41, 5.74) is 0. The maximum absolute atomic E-state index is 11.8. The number of esters is 2. The molecule has 1 aliphatic rings. The Bertz CT molecular complexity index is 843. The number of hydrogen-bond acceptors (Lipinski definition) is 7. The highest BCUT2D eigenvalue weighted by Crippen LogP contribution is 2.25. The summed E-state index contributed by atoms with van der Waals surface area (Å²) in [5, 5.41) is 28.2. The van der Waals surface area contributed by atoms with Gasteiger partial charge >= 0.3 is 11.9 Å². The molecule has 0 aliphatic carbocycles. The monoisotopic (exact) mass is 486 g/mol. The lowest BCUT2D eigenvalue weighted by Gasteiger charge is -2.16. The standard InChI is InChI=1S/C28H38O7/c1-2-3-4-5-6-7-8-9-10-11-12-13-14-15-16-17-18-19-20-21-24(31)34-27-25(32)28(33)35-26(27)23(30)22-29/h10-21,23,26,29-30,32H,2-9,22H2,1H3/t23-,26+/m0/s1. The fourth-order valence-corrected chi connectivity index (χ4v) is 3.10. The summed E-state index contributed by atoms with van der Waals surface area (Å²) in [4.78, 5) is 23.2. The fraction of sp³-hybridized carbons (Fsp3) is 0.429. The molecule has 7 nitrogen and oxygen atoms in total. The molecule has 0 aromatic rings. The highest BCUT2D eigenvalue weighted by atomic mass is 16.6. The van der Waals surface area contributed by atoms with Crippen LogP contribution in [-0.4, -0.2) is 46.1 Å². The van der Waals surface area contributed by atoms with Gasteiger partial charge in [0.25, 0.3) is 0 Å². The van der Waals surface area contributed by atoms with Gasteiger partial charge in [-0.05, 0) is 12.8 Å². The first-order chi connectivity index (χ1) is 17.0. The third-order valence-corrected chi connectivity index (χ3v) is 5.01. The van der Waals surface area contributed by atoms with Gasteiger partial charge in [0.05, 0.1) is 6.61 Å². The lowest BCUT2D eigenvalue weighted by molar-refractivity contribution is -0.150. The smallest absolute Gasteiger partial charge is 0.378 e. The van der Waals surface area contributed by atoms with Crippen molar-refractivity contribution in [3.8, 4) is 0 Å². The summed E-state index contributed by atoms with van der Waals surface area (Å²) < 4.78 is 9.55. The van der Waals surface area contributed by atoms with Crippen molar-refractivity contribution >= 4 is 11.9 Å². The maximum atomic E-state index is 11.8. The Kier molecular flexibility index (Phi) is 16.4. The van der Waals surface area contributed by atoms with Gasteiger partial charge in [0, 0.05) is 6.08 Å². The van der Waals surface area contributed by atoms with E-state index in [1.807, 2.05) is 30.4 Å². The third kappa shape index (κ3) is 13.3. The number of carbonyl (C=O) groups is 2. The average Bonchev–Trinajstić information content (AvgIpc) is 3.13. The van der Waals surface area contributed by atoms with Crippen LogP contribution in [0.4, 0.5) is 0 Å². The zero-order valence-corrected chi connectivity index (χ0v) is 20.4. The molecule has 0 unspecified atom stereocenters. The van der Waals surface area contributed by atoms with E-state index in [9.17, 15) is 19.8 Å². The van der Waals surface area contributed by atoms with Gasteiger partial charge in [0.2, 0.25) is 11.5 Å². The van der Waals surface area contributed by atoms with Crippen LogP contribution >= 0.6 is 0 Å². The van der Waals surface area contributed by atoms with Gasteiger partial charge in [-0.2, -0.15) is 0 Å². The van der Waals surface area contributed by atoms with Crippen LogP contribution in [0.2, 0.25) is 0 Å². The number of aliphatic hydroxyl groups is 3. The molecule has 0 aromatic heterocycles. The minimum Gasteiger partial charge on any atom is -0.499 e. The average molecular weight is 487 g/mol. The lowest BCUT2D eigenvalue weighted by atomic mass is 10.1. The van der Waals surface area contributed by atoms with Crippen LogP contribution < -0.4 is 0 Å². The van der Waals surface area contributed by atoms with Crippen molar-refractivity contribution in [1.82, 2.24) is 0 Å². The molecular formula is C28H38O7. The minimum atomic E-state index is -1.52. The predicted molar refractivity (Wildman–Crippen MR) is 136 cm³/mol. The van der Waals surface area contributed by atoms with Gasteiger partial charge < -0.3 is 24.8 Å².